The van der Waals surface area contributed by atoms with Crippen molar-refractivity contribution < 1.29 is 9.66 Å². The molecule has 1 aromatic rings. The third-order valence-corrected chi connectivity index (χ3v) is 1.97. The van der Waals surface area contributed by atoms with Gasteiger partial charge in [-0.2, -0.15) is 0 Å². The third-order valence-electron chi connectivity index (χ3n) is 1.97. The fraction of sp³-hybridized carbons (Fsp3) is 0.667. The molecule has 16 heavy (non-hydrogen) atoms. The summed E-state index contributed by atoms with van der Waals surface area (Å²) in [4.78, 5) is 10.3. The van der Waals surface area contributed by atoms with Gasteiger partial charge >= 0.3 is 5.69 Å². The Kier molecular flexibility index (Phi) is 3.48. The Morgan fingerprint density at radius 3 is 2.81 bits per heavy atom. The number of nitro groups is 1. The van der Waals surface area contributed by atoms with Gasteiger partial charge in [-0.1, -0.05) is 0 Å². The fourth-order valence-corrected chi connectivity index (χ4v) is 1.42. The van der Waals surface area contributed by atoms with Crippen molar-refractivity contribution in [1.82, 2.24) is 9.78 Å². The summed E-state index contributed by atoms with van der Waals surface area (Å²) in [6.45, 7) is 4.20. The number of nitrogens with zero attached hydrogens (tertiary/aromatic N) is 3. The quantitative estimate of drug-likeness (QED) is 0.604. The SMILES string of the molecule is COCC(C)(C)Nc1nn(C)cc1[N+](=O)[O-]. The van der Waals surface area contributed by atoms with Gasteiger partial charge in [-0.05, 0) is 13.8 Å². The molecule has 1 rings (SSSR count). The summed E-state index contributed by atoms with van der Waals surface area (Å²) in [6.07, 6.45) is 1.37. The van der Waals surface area contributed by atoms with E-state index in [4.69, 9.17) is 4.74 Å². The Morgan fingerprint density at radius 1 is 1.69 bits per heavy atom. The molecule has 0 bridgehead atoms. The van der Waals surface area contributed by atoms with Gasteiger partial charge in [0, 0.05) is 14.2 Å². The van der Waals surface area contributed by atoms with Gasteiger partial charge < -0.3 is 10.1 Å². The van der Waals surface area contributed by atoms with Crippen LogP contribution in [0, 0.1) is 10.1 Å². The van der Waals surface area contributed by atoms with Crippen LogP contribution in [0.4, 0.5) is 11.5 Å². The van der Waals surface area contributed by atoms with Crippen molar-refractivity contribution in [2.24, 2.45) is 7.05 Å². The van der Waals surface area contributed by atoms with E-state index in [2.05, 4.69) is 10.4 Å². The molecular weight excluding hydrogens is 212 g/mol. The zero-order chi connectivity index (χ0) is 12.3. The van der Waals surface area contributed by atoms with E-state index >= 15 is 0 Å². The summed E-state index contributed by atoms with van der Waals surface area (Å²) in [7, 11) is 3.22. The molecule has 1 N–H and O–H groups in total. The summed E-state index contributed by atoms with van der Waals surface area (Å²) in [5.74, 6) is 0.259. The van der Waals surface area contributed by atoms with Crippen LogP contribution in [0.5, 0.6) is 0 Å². The van der Waals surface area contributed by atoms with Gasteiger partial charge in [0.1, 0.15) is 6.20 Å². The molecular formula is C9H16N4O3. The minimum Gasteiger partial charge on any atom is -0.382 e. The maximum absolute atomic E-state index is 10.8. The first-order valence-corrected chi connectivity index (χ1v) is 4.81. The summed E-state index contributed by atoms with van der Waals surface area (Å²) in [6, 6.07) is 0. The lowest BCUT2D eigenvalue weighted by atomic mass is 10.1. The topological polar surface area (TPSA) is 82.2 Å². The van der Waals surface area contributed by atoms with E-state index in [-0.39, 0.29) is 11.5 Å². The van der Waals surface area contributed by atoms with Crippen LogP contribution >= 0.6 is 0 Å². The van der Waals surface area contributed by atoms with Crippen LogP contribution in [0.25, 0.3) is 0 Å². The van der Waals surface area contributed by atoms with Crippen LogP contribution in [0.1, 0.15) is 13.8 Å². The second-order valence-corrected chi connectivity index (χ2v) is 4.24. The molecule has 0 radical (unpaired) electrons. The molecule has 0 fully saturated rings. The molecule has 1 aromatic heterocycles. The number of ether oxygens (including phenoxy) is 1. The second-order valence-electron chi connectivity index (χ2n) is 4.24. The van der Waals surface area contributed by atoms with E-state index in [1.807, 2.05) is 13.8 Å². The molecule has 0 aliphatic carbocycles. The van der Waals surface area contributed by atoms with E-state index in [9.17, 15) is 10.1 Å². The second kappa shape index (κ2) is 4.48. The van der Waals surface area contributed by atoms with Crippen molar-refractivity contribution in [2.45, 2.75) is 19.4 Å². The number of anilines is 1. The Labute approximate surface area is 93.5 Å². The van der Waals surface area contributed by atoms with Crippen molar-refractivity contribution in [3.8, 4) is 0 Å². The minimum absolute atomic E-state index is 0.0355. The van der Waals surface area contributed by atoms with Gasteiger partial charge in [-0.3, -0.25) is 14.8 Å². The van der Waals surface area contributed by atoms with Crippen molar-refractivity contribution >= 4 is 11.5 Å². The van der Waals surface area contributed by atoms with Gasteiger partial charge in [0.05, 0.1) is 17.1 Å². The van der Waals surface area contributed by atoms with Crippen LogP contribution in [0.3, 0.4) is 0 Å². The molecule has 0 aliphatic rings. The number of methoxy groups -OCH3 is 1. The molecule has 0 atom stereocenters. The molecule has 0 unspecified atom stereocenters. The standard InChI is InChI=1S/C9H16N4O3/c1-9(2,6-16-4)10-8-7(13(14)15)5-12(3)11-8/h5H,6H2,1-4H3,(H,10,11). The summed E-state index contributed by atoms with van der Waals surface area (Å²) >= 11 is 0. The highest BCUT2D eigenvalue weighted by molar-refractivity contribution is 5.55. The molecule has 7 nitrogen and oxygen atoms in total. The predicted molar refractivity (Wildman–Crippen MR) is 59.4 cm³/mol. The van der Waals surface area contributed by atoms with Gasteiger partial charge in [-0.25, -0.2) is 0 Å². The average Bonchev–Trinajstić information content (AvgIpc) is 2.45. The normalized spacial score (nSPS) is 11.5. The highest BCUT2D eigenvalue weighted by Gasteiger charge is 2.25. The number of nitrogens with one attached hydrogen (secondary N) is 1. The lowest BCUT2D eigenvalue weighted by Gasteiger charge is -2.24. The Bertz CT molecular complexity index is 386. The molecule has 0 amide bonds. The van der Waals surface area contributed by atoms with Gasteiger partial charge in [0.25, 0.3) is 0 Å². The first-order chi connectivity index (χ1) is 7.35. The highest BCUT2D eigenvalue weighted by Crippen LogP contribution is 2.24. The smallest absolute Gasteiger partial charge is 0.330 e. The molecule has 0 aliphatic heterocycles. The summed E-state index contributed by atoms with van der Waals surface area (Å²) in [5.41, 5.74) is -0.444. The van der Waals surface area contributed by atoms with Crippen LogP contribution in [0.2, 0.25) is 0 Å². The summed E-state index contributed by atoms with van der Waals surface area (Å²) < 4.78 is 6.43. The molecule has 0 saturated heterocycles. The van der Waals surface area contributed by atoms with E-state index in [0.29, 0.717) is 6.61 Å². The average molecular weight is 228 g/mol. The Hall–Kier alpha value is -1.63. The number of aromatic nitrogens is 2. The largest absolute Gasteiger partial charge is 0.382 e. The zero-order valence-electron chi connectivity index (χ0n) is 9.85. The Balaban J connectivity index is 2.92. The predicted octanol–water partition coefficient (Wildman–Crippen LogP) is 1.17. The number of hydrogen-bond acceptors (Lipinski definition) is 5. The molecule has 7 heteroatoms. The zero-order valence-corrected chi connectivity index (χ0v) is 9.85. The lowest BCUT2D eigenvalue weighted by molar-refractivity contribution is -0.384. The molecule has 0 aromatic carbocycles. The molecule has 90 valence electrons. The van der Waals surface area contributed by atoms with Gasteiger partial charge in [0.15, 0.2) is 0 Å². The number of rotatable bonds is 5. The third kappa shape index (κ3) is 2.93. The first kappa shape index (κ1) is 12.4. The maximum Gasteiger partial charge on any atom is 0.330 e. The van der Waals surface area contributed by atoms with Crippen molar-refractivity contribution in [3.05, 3.63) is 16.3 Å². The van der Waals surface area contributed by atoms with E-state index < -0.39 is 10.5 Å². The van der Waals surface area contributed by atoms with E-state index in [1.165, 1.54) is 10.9 Å². The van der Waals surface area contributed by atoms with Gasteiger partial charge in [0.2, 0.25) is 5.82 Å². The number of aryl methyl sites for hydroxylation is 1. The van der Waals surface area contributed by atoms with Crippen molar-refractivity contribution in [2.75, 3.05) is 19.0 Å². The van der Waals surface area contributed by atoms with Crippen LogP contribution in [-0.4, -0.2) is 34.0 Å². The van der Waals surface area contributed by atoms with E-state index in [1.54, 1.807) is 14.2 Å². The summed E-state index contributed by atoms with van der Waals surface area (Å²) in [5, 5.41) is 17.8. The first-order valence-electron chi connectivity index (χ1n) is 4.81. The monoisotopic (exact) mass is 228 g/mol. The fourth-order valence-electron chi connectivity index (χ4n) is 1.42. The lowest BCUT2D eigenvalue weighted by Crippen LogP contribution is -2.36. The highest BCUT2D eigenvalue weighted by atomic mass is 16.6. The maximum atomic E-state index is 10.8. The van der Waals surface area contributed by atoms with Crippen LogP contribution < -0.4 is 5.32 Å². The minimum atomic E-state index is -0.460. The Morgan fingerprint density at radius 2 is 2.31 bits per heavy atom. The molecule has 0 spiro atoms. The van der Waals surface area contributed by atoms with Crippen molar-refractivity contribution in [3.63, 3.8) is 0 Å². The molecule has 1 heterocycles. The molecule has 0 saturated carbocycles. The van der Waals surface area contributed by atoms with Crippen molar-refractivity contribution in [1.29, 1.82) is 0 Å². The van der Waals surface area contributed by atoms with Crippen LogP contribution in [-0.2, 0) is 11.8 Å². The van der Waals surface area contributed by atoms with Crippen LogP contribution in [0.15, 0.2) is 6.20 Å². The van der Waals surface area contributed by atoms with E-state index in [0.717, 1.165) is 0 Å². The van der Waals surface area contributed by atoms with Gasteiger partial charge in [-0.15, -0.1) is 5.10 Å². The number of hydrogen-bond donors (Lipinski definition) is 1.